The predicted molar refractivity (Wildman–Crippen MR) is 134 cm³/mol. The van der Waals surface area contributed by atoms with Gasteiger partial charge in [-0.25, -0.2) is 14.8 Å². The number of pyridine rings is 1. The number of hydrogen-bond donors (Lipinski definition) is 1. The number of imidazole rings is 1. The topological polar surface area (TPSA) is 117 Å². The fourth-order valence-electron chi connectivity index (χ4n) is 3.63. The lowest BCUT2D eigenvalue weighted by atomic mass is 10.2. The molecule has 1 aromatic carbocycles. The van der Waals surface area contributed by atoms with Crippen molar-refractivity contribution in [2.24, 2.45) is 7.05 Å². The number of aromatic nitrogens is 6. The zero-order valence-electron chi connectivity index (χ0n) is 18.4. The Hall–Kier alpha value is -4.09. The third-order valence-corrected chi connectivity index (χ3v) is 6.47. The normalized spacial score (nSPS) is 11.1. The van der Waals surface area contributed by atoms with Crippen LogP contribution in [0.2, 0.25) is 5.02 Å². The second-order valence-electron chi connectivity index (χ2n) is 7.69. The molecule has 10 nitrogen and oxygen atoms in total. The molecule has 1 N–H and O–H groups in total. The van der Waals surface area contributed by atoms with Crippen LogP contribution in [0.3, 0.4) is 0 Å². The minimum atomic E-state index is -0.544. The number of thiazole rings is 1. The molecule has 0 aliphatic carbocycles. The highest BCUT2D eigenvalue weighted by molar-refractivity contribution is 7.13. The molecule has 12 heteroatoms. The van der Waals surface area contributed by atoms with Gasteiger partial charge in [-0.1, -0.05) is 29.8 Å². The third-order valence-electron chi connectivity index (χ3n) is 5.32. The lowest BCUT2D eigenvalue weighted by Gasteiger charge is -2.09. The van der Waals surface area contributed by atoms with Crippen LogP contribution in [0.4, 0.5) is 5.82 Å². The first-order valence-electron chi connectivity index (χ1n) is 10.5. The van der Waals surface area contributed by atoms with Crippen molar-refractivity contribution in [3.63, 3.8) is 0 Å². The van der Waals surface area contributed by atoms with Gasteiger partial charge in [0.05, 0.1) is 18.6 Å². The molecule has 5 aromatic rings. The van der Waals surface area contributed by atoms with E-state index in [1.807, 2.05) is 12.1 Å². The van der Waals surface area contributed by atoms with Gasteiger partial charge in [0.2, 0.25) is 5.91 Å². The van der Waals surface area contributed by atoms with Crippen molar-refractivity contribution in [1.82, 2.24) is 28.7 Å². The van der Waals surface area contributed by atoms with Crippen molar-refractivity contribution in [2.45, 2.75) is 13.1 Å². The average Bonchev–Trinajstić information content (AvgIpc) is 3.49. The van der Waals surface area contributed by atoms with Gasteiger partial charge in [0.15, 0.2) is 11.2 Å². The van der Waals surface area contributed by atoms with Gasteiger partial charge >= 0.3 is 5.69 Å². The summed E-state index contributed by atoms with van der Waals surface area (Å²) in [7, 11) is 1.53. The number of nitrogens with zero attached hydrogens (tertiary/aromatic N) is 6. The molecule has 0 saturated heterocycles. The van der Waals surface area contributed by atoms with E-state index in [-0.39, 0.29) is 30.2 Å². The Labute approximate surface area is 207 Å². The minimum absolute atomic E-state index is 0.00591. The minimum Gasteiger partial charge on any atom is -0.315 e. The van der Waals surface area contributed by atoms with Crippen molar-refractivity contribution in [3.8, 4) is 10.6 Å². The second kappa shape index (κ2) is 9.28. The summed E-state index contributed by atoms with van der Waals surface area (Å²) in [5, 5.41) is 5.84. The molecule has 0 saturated carbocycles. The van der Waals surface area contributed by atoms with Crippen LogP contribution in [0.1, 0.15) is 5.69 Å². The second-order valence-corrected chi connectivity index (χ2v) is 8.99. The molecular weight excluding hydrogens is 490 g/mol. The number of benzene rings is 1. The van der Waals surface area contributed by atoms with Gasteiger partial charge in [0, 0.05) is 29.2 Å². The standard InChI is InChI=1S/C23H18ClN7O3S/c1-29-20-19(22(33)31(23(29)34)10-16-4-2-3-9-25-16)30(13-26-20)11-18(32)27-17-12-35-21(28-17)14-5-7-15(24)8-6-14/h2-9,12-13H,10-11H2,1H3,(H,27,32). The SMILES string of the molecule is Cn1c(=O)n(Cc2ccccn2)c(=O)c2c1ncn2CC(=O)Nc1csc(-c2ccc(Cl)cc2)n1. The third kappa shape index (κ3) is 4.51. The molecule has 4 aromatic heterocycles. The summed E-state index contributed by atoms with van der Waals surface area (Å²) < 4.78 is 3.79. The van der Waals surface area contributed by atoms with Crippen molar-refractivity contribution in [3.05, 3.63) is 91.9 Å². The van der Waals surface area contributed by atoms with E-state index in [0.29, 0.717) is 16.5 Å². The van der Waals surface area contributed by atoms with Crippen molar-refractivity contribution >= 4 is 45.8 Å². The van der Waals surface area contributed by atoms with Crippen LogP contribution >= 0.6 is 22.9 Å². The molecule has 0 atom stereocenters. The number of fused-ring (bicyclic) bond motifs is 1. The quantitative estimate of drug-likeness (QED) is 0.378. The van der Waals surface area contributed by atoms with Gasteiger partial charge in [0.1, 0.15) is 17.4 Å². The van der Waals surface area contributed by atoms with E-state index in [0.717, 1.165) is 15.1 Å². The Bertz CT molecular complexity index is 1650. The summed E-state index contributed by atoms with van der Waals surface area (Å²) in [5.41, 5.74) is 0.740. The van der Waals surface area contributed by atoms with Crippen LogP contribution in [0, 0.1) is 0 Å². The van der Waals surface area contributed by atoms with E-state index in [4.69, 9.17) is 11.6 Å². The maximum Gasteiger partial charge on any atom is 0.332 e. The number of rotatable bonds is 6. The molecule has 0 fully saturated rings. The van der Waals surface area contributed by atoms with Crippen molar-refractivity contribution < 1.29 is 4.79 Å². The van der Waals surface area contributed by atoms with E-state index in [9.17, 15) is 14.4 Å². The smallest absolute Gasteiger partial charge is 0.315 e. The number of aryl methyl sites for hydroxylation is 1. The van der Waals surface area contributed by atoms with E-state index in [1.54, 1.807) is 41.9 Å². The summed E-state index contributed by atoms with van der Waals surface area (Å²) in [6.45, 7) is -0.173. The molecule has 0 aliphatic heterocycles. The molecule has 0 bridgehead atoms. The fourth-order valence-corrected chi connectivity index (χ4v) is 4.51. The monoisotopic (exact) mass is 507 g/mol. The van der Waals surface area contributed by atoms with Crippen molar-refractivity contribution in [1.29, 1.82) is 0 Å². The summed E-state index contributed by atoms with van der Waals surface area (Å²) in [6, 6.07) is 12.5. The summed E-state index contributed by atoms with van der Waals surface area (Å²) in [6.07, 6.45) is 2.96. The molecule has 35 heavy (non-hydrogen) atoms. The highest BCUT2D eigenvalue weighted by atomic mass is 35.5. The lowest BCUT2D eigenvalue weighted by Crippen LogP contribution is -2.40. The van der Waals surface area contributed by atoms with Crippen LogP contribution in [-0.4, -0.2) is 34.6 Å². The van der Waals surface area contributed by atoms with Gasteiger partial charge in [-0.15, -0.1) is 11.3 Å². The predicted octanol–water partition coefficient (Wildman–Crippen LogP) is 2.76. The first-order chi connectivity index (χ1) is 16.9. The van der Waals surface area contributed by atoms with E-state index >= 15 is 0 Å². The zero-order valence-corrected chi connectivity index (χ0v) is 20.0. The molecular formula is C23H18ClN7O3S. The summed E-state index contributed by atoms with van der Waals surface area (Å²) >= 11 is 7.32. The first-order valence-corrected chi connectivity index (χ1v) is 11.7. The van der Waals surface area contributed by atoms with Crippen LogP contribution in [0.15, 0.2) is 70.0 Å². The van der Waals surface area contributed by atoms with E-state index < -0.39 is 11.2 Å². The van der Waals surface area contributed by atoms with Gasteiger partial charge in [-0.05, 0) is 24.3 Å². The fraction of sp³-hybridized carbons (Fsp3) is 0.130. The Kier molecular flexibility index (Phi) is 6.01. The molecule has 4 heterocycles. The molecule has 0 unspecified atom stereocenters. The van der Waals surface area contributed by atoms with Crippen molar-refractivity contribution in [2.75, 3.05) is 5.32 Å². The lowest BCUT2D eigenvalue weighted by molar-refractivity contribution is -0.116. The number of hydrogen-bond acceptors (Lipinski definition) is 7. The van der Waals surface area contributed by atoms with E-state index in [1.165, 1.54) is 33.8 Å². The van der Waals surface area contributed by atoms with Gasteiger partial charge in [-0.2, -0.15) is 0 Å². The zero-order chi connectivity index (χ0) is 24.5. The summed E-state index contributed by atoms with van der Waals surface area (Å²) in [4.78, 5) is 51.6. The molecule has 0 radical (unpaired) electrons. The maximum absolute atomic E-state index is 13.2. The average molecular weight is 508 g/mol. The highest BCUT2D eigenvalue weighted by Crippen LogP contribution is 2.27. The Balaban J connectivity index is 1.40. The van der Waals surface area contributed by atoms with Gasteiger partial charge in [0.25, 0.3) is 5.56 Å². The highest BCUT2D eigenvalue weighted by Gasteiger charge is 2.18. The molecule has 1 amide bonds. The number of carbonyl (C=O) groups excluding carboxylic acids is 1. The number of carbonyl (C=O) groups is 1. The van der Waals surface area contributed by atoms with Crippen LogP contribution in [-0.2, 0) is 24.9 Å². The molecule has 0 aliphatic rings. The van der Waals surface area contributed by atoms with Crippen LogP contribution in [0.5, 0.6) is 0 Å². The largest absolute Gasteiger partial charge is 0.332 e. The molecule has 0 spiro atoms. The molecule has 176 valence electrons. The number of halogens is 1. The maximum atomic E-state index is 13.2. The van der Waals surface area contributed by atoms with E-state index in [2.05, 4.69) is 20.3 Å². The Morgan fingerprint density at radius 3 is 2.66 bits per heavy atom. The summed E-state index contributed by atoms with van der Waals surface area (Å²) in [5.74, 6) is 0.0103. The van der Waals surface area contributed by atoms with Gasteiger partial charge < -0.3 is 9.88 Å². The number of anilines is 1. The Morgan fingerprint density at radius 2 is 1.91 bits per heavy atom. The van der Waals surface area contributed by atoms with Gasteiger partial charge in [-0.3, -0.25) is 23.7 Å². The molecule has 5 rings (SSSR count). The Morgan fingerprint density at radius 1 is 1.11 bits per heavy atom. The van der Waals surface area contributed by atoms with Crippen LogP contribution in [0.25, 0.3) is 21.7 Å². The number of amides is 1. The number of nitrogens with one attached hydrogen (secondary N) is 1. The first kappa shape index (κ1) is 22.7. The van der Waals surface area contributed by atoms with Crippen LogP contribution < -0.4 is 16.6 Å².